The van der Waals surface area contributed by atoms with Crippen LogP contribution in [0, 0.1) is 18.3 Å². The van der Waals surface area contributed by atoms with Gasteiger partial charge in [0.2, 0.25) is 0 Å². The van der Waals surface area contributed by atoms with Crippen LogP contribution >= 0.6 is 0 Å². The molecule has 3 heteroatoms. The van der Waals surface area contributed by atoms with Crippen molar-refractivity contribution in [2.45, 2.75) is 13.8 Å². The van der Waals surface area contributed by atoms with Crippen LogP contribution in [-0.4, -0.2) is 10.7 Å². The van der Waals surface area contributed by atoms with Gasteiger partial charge in [-0.15, -0.1) is 0 Å². The van der Waals surface area contributed by atoms with Crippen molar-refractivity contribution in [2.24, 2.45) is 4.99 Å². The van der Waals surface area contributed by atoms with Crippen molar-refractivity contribution in [2.75, 3.05) is 0 Å². The molecule has 1 heterocycles. The maximum Gasteiger partial charge on any atom is 0.0992 e. The summed E-state index contributed by atoms with van der Waals surface area (Å²) in [5.74, 6) is 0. The van der Waals surface area contributed by atoms with E-state index in [2.05, 4.69) is 16.0 Å². The van der Waals surface area contributed by atoms with Crippen LogP contribution < -0.4 is 0 Å². The second kappa shape index (κ2) is 5.24. The molecule has 2 rings (SSSR count). The van der Waals surface area contributed by atoms with Crippen molar-refractivity contribution in [1.29, 1.82) is 5.26 Å². The average Bonchev–Trinajstić information content (AvgIpc) is 2.41. The Hall–Kier alpha value is -2.47. The summed E-state index contributed by atoms with van der Waals surface area (Å²) < 4.78 is 0. The predicted octanol–water partition coefficient (Wildman–Crippen LogP) is 3.40. The van der Waals surface area contributed by atoms with E-state index in [1.807, 2.05) is 38.1 Å². The lowest BCUT2D eigenvalue weighted by atomic mass is 10.2. The molecule has 0 radical (unpaired) electrons. The fourth-order valence-electron chi connectivity index (χ4n) is 1.62. The fraction of sp³-hybridized carbons (Fsp3) is 0.133. The van der Waals surface area contributed by atoms with Gasteiger partial charge in [0.25, 0.3) is 0 Å². The number of aliphatic imine (C=N–C) groups is 1. The molecule has 2 aromatic rings. The summed E-state index contributed by atoms with van der Waals surface area (Å²) in [4.78, 5) is 8.78. The number of para-hydroxylation sites is 1. The minimum absolute atomic E-state index is 0.597. The smallest absolute Gasteiger partial charge is 0.0992 e. The third kappa shape index (κ3) is 2.61. The number of hydrogen-bond donors (Lipinski definition) is 0. The minimum Gasteiger partial charge on any atom is -0.255 e. The molecule has 0 amide bonds. The van der Waals surface area contributed by atoms with Crippen LogP contribution in [-0.2, 0) is 0 Å². The van der Waals surface area contributed by atoms with Crippen LogP contribution in [0.3, 0.4) is 0 Å². The lowest BCUT2D eigenvalue weighted by Gasteiger charge is -2.03. The molecule has 0 fully saturated rings. The molecule has 0 aliphatic carbocycles. The average molecular weight is 235 g/mol. The Balaban J connectivity index is 2.39. The van der Waals surface area contributed by atoms with E-state index in [9.17, 15) is 0 Å². The predicted molar refractivity (Wildman–Crippen MR) is 72.0 cm³/mol. The Labute approximate surface area is 106 Å². The second-order valence-corrected chi connectivity index (χ2v) is 4.03. The van der Waals surface area contributed by atoms with Crippen LogP contribution in [0.25, 0.3) is 0 Å². The van der Waals surface area contributed by atoms with Gasteiger partial charge in [-0.1, -0.05) is 18.2 Å². The van der Waals surface area contributed by atoms with Crippen molar-refractivity contribution in [3.8, 4) is 6.07 Å². The van der Waals surface area contributed by atoms with Crippen LogP contribution in [0.4, 0.5) is 5.69 Å². The number of pyridine rings is 1. The summed E-state index contributed by atoms with van der Waals surface area (Å²) in [7, 11) is 0. The quantitative estimate of drug-likeness (QED) is 0.749. The van der Waals surface area contributed by atoms with Crippen LogP contribution in [0.1, 0.15) is 23.7 Å². The molecule has 0 spiro atoms. The first-order valence-corrected chi connectivity index (χ1v) is 5.68. The Kier molecular flexibility index (Phi) is 3.49. The Morgan fingerprint density at radius 1 is 1.28 bits per heavy atom. The van der Waals surface area contributed by atoms with Crippen molar-refractivity contribution in [1.82, 2.24) is 4.98 Å². The number of nitrogens with zero attached hydrogens (tertiary/aromatic N) is 3. The second-order valence-electron chi connectivity index (χ2n) is 4.03. The number of rotatable bonds is 2. The number of hydrogen-bond acceptors (Lipinski definition) is 3. The number of nitriles is 1. The highest BCUT2D eigenvalue weighted by Gasteiger charge is 2.02. The first-order chi connectivity index (χ1) is 8.70. The zero-order valence-corrected chi connectivity index (χ0v) is 10.4. The highest BCUT2D eigenvalue weighted by Crippen LogP contribution is 2.18. The molecule has 0 aliphatic rings. The maximum atomic E-state index is 8.86. The molecule has 3 nitrogen and oxygen atoms in total. The van der Waals surface area contributed by atoms with Gasteiger partial charge in [0.15, 0.2) is 0 Å². The minimum atomic E-state index is 0.597. The lowest BCUT2D eigenvalue weighted by Crippen LogP contribution is -1.98. The highest BCUT2D eigenvalue weighted by atomic mass is 14.8. The summed E-state index contributed by atoms with van der Waals surface area (Å²) in [5, 5.41) is 8.86. The summed E-state index contributed by atoms with van der Waals surface area (Å²) in [5.41, 5.74) is 4.19. The van der Waals surface area contributed by atoms with Crippen LogP contribution in [0.15, 0.2) is 47.6 Å². The van der Waals surface area contributed by atoms with Gasteiger partial charge in [-0.3, -0.25) is 9.98 Å². The van der Waals surface area contributed by atoms with E-state index in [0.717, 1.165) is 22.7 Å². The van der Waals surface area contributed by atoms with E-state index in [4.69, 9.17) is 5.26 Å². The van der Waals surface area contributed by atoms with E-state index >= 15 is 0 Å². The topological polar surface area (TPSA) is 49.0 Å². The standard InChI is InChI=1S/C15H13N3/c1-11-5-3-4-6-14(11)18-12(2)15-9-13(10-16)7-8-17-15/h3-9H,1-2H3/b18-12+. The summed E-state index contributed by atoms with van der Waals surface area (Å²) >= 11 is 0. The molecule has 0 aliphatic heterocycles. The Morgan fingerprint density at radius 2 is 2.06 bits per heavy atom. The Bertz CT molecular complexity index is 636. The summed E-state index contributed by atoms with van der Waals surface area (Å²) in [6, 6.07) is 13.5. The van der Waals surface area contributed by atoms with Crippen molar-refractivity contribution in [3.05, 3.63) is 59.4 Å². The van der Waals surface area contributed by atoms with Gasteiger partial charge in [0, 0.05) is 6.20 Å². The van der Waals surface area contributed by atoms with Gasteiger partial charge >= 0.3 is 0 Å². The molecular weight excluding hydrogens is 222 g/mol. The fourth-order valence-corrected chi connectivity index (χ4v) is 1.62. The number of aromatic nitrogens is 1. The van der Waals surface area contributed by atoms with Gasteiger partial charge in [-0.05, 0) is 37.6 Å². The molecule has 1 aromatic heterocycles. The molecule has 0 unspecified atom stereocenters. The normalized spacial score (nSPS) is 11.1. The molecule has 0 N–H and O–H groups in total. The number of aryl methyl sites for hydroxylation is 1. The van der Waals surface area contributed by atoms with E-state index in [-0.39, 0.29) is 0 Å². The third-order valence-electron chi connectivity index (χ3n) is 2.66. The number of benzene rings is 1. The molecule has 18 heavy (non-hydrogen) atoms. The van der Waals surface area contributed by atoms with Gasteiger partial charge in [0.05, 0.1) is 28.7 Å². The van der Waals surface area contributed by atoms with Gasteiger partial charge in [0.1, 0.15) is 0 Å². The van der Waals surface area contributed by atoms with Gasteiger partial charge < -0.3 is 0 Å². The zero-order chi connectivity index (χ0) is 13.0. The summed E-state index contributed by atoms with van der Waals surface area (Å²) in [6.07, 6.45) is 1.63. The van der Waals surface area contributed by atoms with Crippen molar-refractivity contribution < 1.29 is 0 Å². The zero-order valence-electron chi connectivity index (χ0n) is 10.4. The molecular formula is C15H13N3. The SMILES string of the molecule is C/C(=N\c1ccccc1C)c1cc(C#N)ccn1. The molecule has 0 atom stereocenters. The van der Waals surface area contributed by atoms with E-state index in [0.29, 0.717) is 5.56 Å². The van der Waals surface area contributed by atoms with Gasteiger partial charge in [-0.2, -0.15) is 5.26 Å². The highest BCUT2D eigenvalue weighted by molar-refractivity contribution is 5.98. The monoisotopic (exact) mass is 235 g/mol. The lowest BCUT2D eigenvalue weighted by molar-refractivity contribution is 1.26. The van der Waals surface area contributed by atoms with Gasteiger partial charge in [-0.25, -0.2) is 0 Å². The largest absolute Gasteiger partial charge is 0.255 e. The molecule has 88 valence electrons. The van der Waals surface area contributed by atoms with Crippen molar-refractivity contribution >= 4 is 11.4 Å². The first kappa shape index (κ1) is 12.0. The Morgan fingerprint density at radius 3 is 2.78 bits per heavy atom. The molecule has 1 aromatic carbocycles. The van der Waals surface area contributed by atoms with E-state index in [1.165, 1.54) is 0 Å². The molecule has 0 saturated heterocycles. The molecule has 0 bridgehead atoms. The van der Waals surface area contributed by atoms with E-state index < -0.39 is 0 Å². The van der Waals surface area contributed by atoms with Crippen molar-refractivity contribution in [3.63, 3.8) is 0 Å². The van der Waals surface area contributed by atoms with Crippen LogP contribution in [0.2, 0.25) is 0 Å². The maximum absolute atomic E-state index is 8.86. The summed E-state index contributed by atoms with van der Waals surface area (Å²) in [6.45, 7) is 3.92. The third-order valence-corrected chi connectivity index (χ3v) is 2.66. The first-order valence-electron chi connectivity index (χ1n) is 5.68. The molecule has 0 saturated carbocycles. The van der Waals surface area contributed by atoms with E-state index in [1.54, 1.807) is 18.3 Å². The van der Waals surface area contributed by atoms with Crippen LogP contribution in [0.5, 0.6) is 0 Å².